The van der Waals surface area contributed by atoms with Crippen LogP contribution in [0.25, 0.3) is 11.2 Å². The van der Waals surface area contributed by atoms with Gasteiger partial charge in [0.15, 0.2) is 11.2 Å². The van der Waals surface area contributed by atoms with Crippen molar-refractivity contribution in [3.8, 4) is 5.75 Å². The number of aromatic hydroxyl groups is 1. The molecule has 2 heterocycles. The second-order valence-corrected chi connectivity index (χ2v) is 9.75. The minimum absolute atomic E-state index is 0.0939. The van der Waals surface area contributed by atoms with Crippen molar-refractivity contribution in [1.82, 2.24) is 19.1 Å². The van der Waals surface area contributed by atoms with Crippen LogP contribution in [0.2, 0.25) is 0 Å². The number of phenols is 1. The zero-order chi connectivity index (χ0) is 25.2. The van der Waals surface area contributed by atoms with Gasteiger partial charge in [0.1, 0.15) is 5.75 Å². The number of nitrogens with zero attached hydrogens (tertiary/aromatic N) is 4. The third kappa shape index (κ3) is 7.30. The zero-order valence-corrected chi connectivity index (χ0v) is 22.1. The molecule has 2 aromatic heterocycles. The van der Waals surface area contributed by atoms with Crippen LogP contribution in [0.15, 0.2) is 37.4 Å². The van der Waals surface area contributed by atoms with Gasteiger partial charge in [0.05, 0.1) is 6.21 Å². The van der Waals surface area contributed by atoms with Crippen LogP contribution in [0, 0.1) is 0 Å². The molecular weight excluding hydrogens is 512 g/mol. The molecule has 0 unspecified atom stereocenters. The molecule has 0 spiro atoms. The third-order valence-electron chi connectivity index (χ3n) is 6.10. The number of phenolic OH excluding ortho intramolecular Hbond substituents is 1. The monoisotopic (exact) mass is 546 g/mol. The van der Waals surface area contributed by atoms with Crippen LogP contribution in [0.5, 0.6) is 5.75 Å². The predicted molar refractivity (Wildman–Crippen MR) is 144 cm³/mol. The Morgan fingerprint density at radius 1 is 1.09 bits per heavy atom. The molecule has 0 radical (unpaired) electrons. The van der Waals surface area contributed by atoms with E-state index in [4.69, 9.17) is 0 Å². The van der Waals surface area contributed by atoms with Gasteiger partial charge in [0.25, 0.3) is 5.56 Å². The van der Waals surface area contributed by atoms with E-state index in [2.05, 4.69) is 43.3 Å². The van der Waals surface area contributed by atoms with Gasteiger partial charge in [-0.05, 0) is 24.6 Å². The molecule has 0 amide bonds. The molecule has 1 aromatic carbocycles. The molecule has 190 valence electrons. The van der Waals surface area contributed by atoms with Crippen molar-refractivity contribution in [3.63, 3.8) is 0 Å². The third-order valence-corrected chi connectivity index (χ3v) is 6.59. The smallest absolute Gasteiger partial charge is 0.329 e. The molecule has 35 heavy (non-hydrogen) atoms. The summed E-state index contributed by atoms with van der Waals surface area (Å²) in [6.45, 7) is 2.81. The molecule has 0 atom stereocenters. The van der Waals surface area contributed by atoms with Crippen LogP contribution in [0.1, 0.15) is 76.7 Å². The number of halogens is 1. The molecule has 3 N–H and O–H groups in total. The number of H-pyrrole nitrogens is 1. The van der Waals surface area contributed by atoms with E-state index in [9.17, 15) is 14.7 Å². The molecule has 0 aliphatic carbocycles. The van der Waals surface area contributed by atoms with Gasteiger partial charge in [-0.1, -0.05) is 80.6 Å². The number of benzene rings is 1. The average Bonchev–Trinajstić information content (AvgIpc) is 3.20. The highest BCUT2D eigenvalue weighted by atomic mass is 79.9. The number of aryl methyl sites for hydroxylation is 2. The molecule has 9 nitrogen and oxygen atoms in total. The molecule has 3 aromatic rings. The first-order valence-electron chi connectivity index (χ1n) is 12.4. The number of rotatable bonds is 14. The number of aromatic nitrogens is 4. The first kappa shape index (κ1) is 26.7. The lowest BCUT2D eigenvalue weighted by molar-refractivity contribution is 0.474. The molecule has 0 aliphatic rings. The van der Waals surface area contributed by atoms with Gasteiger partial charge in [-0.15, -0.1) is 0 Å². The number of aromatic amines is 1. The van der Waals surface area contributed by atoms with Crippen LogP contribution in [0.4, 0.5) is 5.95 Å². The van der Waals surface area contributed by atoms with Crippen LogP contribution in [-0.4, -0.2) is 30.4 Å². The maximum absolute atomic E-state index is 12.6. The van der Waals surface area contributed by atoms with Gasteiger partial charge in [-0.2, -0.15) is 10.1 Å². The molecule has 3 rings (SSSR count). The Balaban J connectivity index is 1.68. The minimum atomic E-state index is -0.514. The van der Waals surface area contributed by atoms with Gasteiger partial charge in [0.2, 0.25) is 5.95 Å². The lowest BCUT2D eigenvalue weighted by atomic mass is 10.1. The Hall–Kier alpha value is -2.88. The zero-order valence-electron chi connectivity index (χ0n) is 20.5. The highest BCUT2D eigenvalue weighted by Crippen LogP contribution is 2.21. The number of nitrogens with one attached hydrogen (secondary N) is 2. The maximum atomic E-state index is 12.6. The number of hydrogen-bond donors (Lipinski definition) is 3. The molecule has 10 heteroatoms. The number of unbranched alkanes of at least 4 members (excludes halogenated alkanes) is 9. The van der Waals surface area contributed by atoms with Crippen molar-refractivity contribution in [2.75, 3.05) is 5.43 Å². The van der Waals surface area contributed by atoms with Crippen LogP contribution >= 0.6 is 15.9 Å². The predicted octanol–water partition coefficient (Wildman–Crippen LogP) is 5.26. The Kier molecular flexibility index (Phi) is 10.1. The highest BCUT2D eigenvalue weighted by Gasteiger charge is 2.17. The standard InChI is InChI=1S/C25H35BrN6O3/c1-3-4-5-6-7-8-9-10-11-12-15-32-21-22(31(2)25(35)29-23(21)34)28-24(32)30-27-17-18-16-19(26)13-14-20(18)33/h13-14,16-17,33H,3-12,15H2,1-2H3,(H,28,30)(H,29,34,35). The lowest BCUT2D eigenvalue weighted by Gasteiger charge is -2.08. The number of fused-ring (bicyclic) bond motifs is 1. The fourth-order valence-corrected chi connectivity index (χ4v) is 4.46. The summed E-state index contributed by atoms with van der Waals surface area (Å²) in [6.07, 6.45) is 13.6. The highest BCUT2D eigenvalue weighted by molar-refractivity contribution is 9.10. The minimum Gasteiger partial charge on any atom is -0.507 e. The van der Waals surface area contributed by atoms with E-state index in [1.807, 2.05) is 0 Å². The van der Waals surface area contributed by atoms with Gasteiger partial charge in [0, 0.05) is 23.6 Å². The van der Waals surface area contributed by atoms with Crippen molar-refractivity contribution in [1.29, 1.82) is 0 Å². The first-order valence-corrected chi connectivity index (χ1v) is 13.2. The first-order chi connectivity index (χ1) is 16.9. The van der Waals surface area contributed by atoms with E-state index < -0.39 is 11.2 Å². The second kappa shape index (κ2) is 13.3. The van der Waals surface area contributed by atoms with Crippen molar-refractivity contribution < 1.29 is 5.11 Å². The average molecular weight is 547 g/mol. The van der Waals surface area contributed by atoms with E-state index in [-0.39, 0.29) is 5.75 Å². The summed E-state index contributed by atoms with van der Waals surface area (Å²) >= 11 is 3.38. The summed E-state index contributed by atoms with van der Waals surface area (Å²) in [6, 6.07) is 5.04. The summed E-state index contributed by atoms with van der Waals surface area (Å²) in [4.78, 5) is 31.5. The van der Waals surface area contributed by atoms with Gasteiger partial charge in [-0.3, -0.25) is 14.3 Å². The van der Waals surface area contributed by atoms with Crippen molar-refractivity contribution in [3.05, 3.63) is 49.1 Å². The molecular formula is C25H35BrN6O3. The number of anilines is 1. The summed E-state index contributed by atoms with van der Waals surface area (Å²) in [5, 5.41) is 14.2. The fraction of sp³-hybridized carbons (Fsp3) is 0.520. The molecule has 0 aliphatic heterocycles. The lowest BCUT2D eigenvalue weighted by Crippen LogP contribution is -2.29. The van der Waals surface area contributed by atoms with E-state index in [0.29, 0.717) is 29.2 Å². The summed E-state index contributed by atoms with van der Waals surface area (Å²) in [5.74, 6) is 0.463. The summed E-state index contributed by atoms with van der Waals surface area (Å²) in [7, 11) is 1.57. The Bertz CT molecular complexity index is 1260. The van der Waals surface area contributed by atoms with Crippen LogP contribution in [-0.2, 0) is 13.6 Å². The number of hydrogen-bond acceptors (Lipinski definition) is 6. The van der Waals surface area contributed by atoms with Crippen LogP contribution < -0.4 is 16.7 Å². The Morgan fingerprint density at radius 3 is 2.43 bits per heavy atom. The van der Waals surface area contributed by atoms with Gasteiger partial charge >= 0.3 is 5.69 Å². The Morgan fingerprint density at radius 2 is 1.74 bits per heavy atom. The van der Waals surface area contributed by atoms with E-state index in [0.717, 1.165) is 23.7 Å². The quantitative estimate of drug-likeness (QED) is 0.145. The SMILES string of the molecule is CCCCCCCCCCCCn1c(NN=Cc2cc(Br)ccc2O)nc2c1c(=O)[nH]c(=O)n2C. The van der Waals surface area contributed by atoms with Crippen molar-refractivity contribution in [2.45, 2.75) is 77.7 Å². The molecule has 0 fully saturated rings. The summed E-state index contributed by atoms with van der Waals surface area (Å²) in [5.41, 5.74) is 3.06. The number of hydrazone groups is 1. The normalized spacial score (nSPS) is 11.6. The van der Waals surface area contributed by atoms with E-state index >= 15 is 0 Å². The van der Waals surface area contributed by atoms with Crippen molar-refractivity contribution in [2.24, 2.45) is 12.1 Å². The van der Waals surface area contributed by atoms with Crippen LogP contribution in [0.3, 0.4) is 0 Å². The molecule has 0 bridgehead atoms. The Labute approximate surface area is 213 Å². The molecule has 0 saturated heterocycles. The summed E-state index contributed by atoms with van der Waals surface area (Å²) < 4.78 is 3.91. The van der Waals surface area contributed by atoms with Gasteiger partial charge in [-0.25, -0.2) is 10.2 Å². The van der Waals surface area contributed by atoms with Gasteiger partial charge < -0.3 is 9.67 Å². The van der Waals surface area contributed by atoms with E-state index in [1.54, 1.807) is 29.8 Å². The largest absolute Gasteiger partial charge is 0.507 e. The van der Waals surface area contributed by atoms with Crippen molar-refractivity contribution >= 4 is 39.3 Å². The number of imidazole rings is 1. The maximum Gasteiger partial charge on any atom is 0.329 e. The molecule has 0 saturated carbocycles. The second-order valence-electron chi connectivity index (χ2n) is 8.83. The topological polar surface area (TPSA) is 117 Å². The van der Waals surface area contributed by atoms with E-state index in [1.165, 1.54) is 55.7 Å². The fourth-order valence-electron chi connectivity index (χ4n) is 4.08.